The highest BCUT2D eigenvalue weighted by atomic mass is 79.9. The third kappa shape index (κ3) is 2.74. The van der Waals surface area contributed by atoms with E-state index in [0.29, 0.717) is 22.2 Å². The van der Waals surface area contributed by atoms with Gasteiger partial charge in [0, 0.05) is 15.4 Å². The van der Waals surface area contributed by atoms with Crippen LogP contribution in [0.3, 0.4) is 0 Å². The Balaban J connectivity index is 2.60. The van der Waals surface area contributed by atoms with Crippen molar-refractivity contribution in [2.24, 2.45) is 0 Å². The highest BCUT2D eigenvalue weighted by molar-refractivity contribution is 9.10. The third-order valence-electron chi connectivity index (χ3n) is 3.21. The summed E-state index contributed by atoms with van der Waals surface area (Å²) in [4.78, 5) is 0. The van der Waals surface area contributed by atoms with E-state index in [2.05, 4.69) is 28.2 Å². The van der Waals surface area contributed by atoms with Crippen LogP contribution in [0.4, 0.5) is 8.78 Å². The molecule has 0 bridgehead atoms. The van der Waals surface area contributed by atoms with E-state index in [1.807, 2.05) is 13.8 Å². The molecule has 0 saturated heterocycles. The van der Waals surface area contributed by atoms with E-state index in [-0.39, 0.29) is 11.5 Å². The summed E-state index contributed by atoms with van der Waals surface area (Å²) in [6, 6.07) is 1.16. The van der Waals surface area contributed by atoms with E-state index in [0.717, 1.165) is 24.6 Å². The molecule has 1 N–H and O–H groups in total. The van der Waals surface area contributed by atoms with Crippen LogP contribution >= 0.6 is 15.9 Å². The van der Waals surface area contributed by atoms with Crippen LogP contribution in [0.1, 0.15) is 44.4 Å². The Morgan fingerprint density at radius 2 is 2.05 bits per heavy atom. The molecule has 20 heavy (non-hydrogen) atoms. The van der Waals surface area contributed by atoms with Gasteiger partial charge >= 0.3 is 0 Å². The molecule has 1 aromatic carbocycles. The smallest absolute Gasteiger partial charge is 0.201 e. The fourth-order valence-electron chi connectivity index (χ4n) is 2.36. The summed E-state index contributed by atoms with van der Waals surface area (Å²) in [7, 11) is 0. The zero-order valence-electron chi connectivity index (χ0n) is 11.8. The molecule has 0 aliphatic rings. The maximum Gasteiger partial charge on any atom is 0.201 e. The number of hydrogen-bond donors (Lipinski definition) is 1. The van der Waals surface area contributed by atoms with Crippen LogP contribution < -0.4 is 5.32 Å². The number of benzene rings is 1. The number of rotatable bonds is 5. The van der Waals surface area contributed by atoms with Crippen molar-refractivity contribution in [2.45, 2.75) is 39.7 Å². The van der Waals surface area contributed by atoms with Crippen molar-refractivity contribution in [1.29, 1.82) is 0 Å². The van der Waals surface area contributed by atoms with Crippen LogP contribution in [0.5, 0.6) is 0 Å². The van der Waals surface area contributed by atoms with Gasteiger partial charge in [-0.05, 0) is 40.9 Å². The Morgan fingerprint density at radius 1 is 1.35 bits per heavy atom. The molecule has 110 valence electrons. The first-order chi connectivity index (χ1) is 9.47. The molecule has 0 fully saturated rings. The lowest BCUT2D eigenvalue weighted by atomic mass is 9.99. The molecule has 5 heteroatoms. The summed E-state index contributed by atoms with van der Waals surface area (Å²) in [5, 5.41) is 3.87. The van der Waals surface area contributed by atoms with Gasteiger partial charge in [0.05, 0.1) is 6.54 Å². The van der Waals surface area contributed by atoms with Crippen LogP contribution in [-0.4, -0.2) is 6.54 Å². The predicted molar refractivity (Wildman–Crippen MR) is 79.9 cm³/mol. The van der Waals surface area contributed by atoms with Crippen molar-refractivity contribution >= 4 is 26.9 Å². The summed E-state index contributed by atoms with van der Waals surface area (Å²) < 4.78 is 33.5. The first-order valence-electron chi connectivity index (χ1n) is 6.76. The molecule has 0 atom stereocenters. The van der Waals surface area contributed by atoms with Crippen LogP contribution in [0.15, 0.2) is 15.0 Å². The second kappa shape index (κ2) is 6.22. The molecular formula is C15H18BrF2NO. The Morgan fingerprint density at radius 3 is 2.65 bits per heavy atom. The fraction of sp³-hybridized carbons (Fsp3) is 0.467. The predicted octanol–water partition coefficient (Wildman–Crippen LogP) is 5.10. The molecule has 2 aromatic rings. The lowest BCUT2D eigenvalue weighted by molar-refractivity contribution is 0.465. The average molecular weight is 346 g/mol. The Bertz CT molecular complexity index is 622. The Kier molecular flexibility index (Phi) is 4.81. The van der Waals surface area contributed by atoms with Gasteiger partial charge in [0.1, 0.15) is 5.76 Å². The normalized spacial score (nSPS) is 11.8. The highest BCUT2D eigenvalue weighted by Crippen LogP contribution is 2.38. The number of halogens is 3. The molecule has 0 aliphatic carbocycles. The van der Waals surface area contributed by atoms with Gasteiger partial charge in [-0.15, -0.1) is 0 Å². The monoisotopic (exact) mass is 345 g/mol. The van der Waals surface area contributed by atoms with Crippen molar-refractivity contribution in [3.63, 3.8) is 0 Å². The molecule has 0 saturated carbocycles. The third-order valence-corrected chi connectivity index (χ3v) is 3.84. The van der Waals surface area contributed by atoms with E-state index < -0.39 is 11.6 Å². The van der Waals surface area contributed by atoms with Crippen LogP contribution in [0.2, 0.25) is 0 Å². The largest absolute Gasteiger partial charge is 0.456 e. The fourth-order valence-corrected chi connectivity index (χ4v) is 2.95. The van der Waals surface area contributed by atoms with Gasteiger partial charge in [-0.1, -0.05) is 20.8 Å². The van der Waals surface area contributed by atoms with Crippen LogP contribution in [0.25, 0.3) is 11.0 Å². The minimum Gasteiger partial charge on any atom is -0.456 e. The van der Waals surface area contributed by atoms with Crippen molar-refractivity contribution in [2.75, 3.05) is 6.54 Å². The molecule has 1 aromatic heterocycles. The summed E-state index contributed by atoms with van der Waals surface area (Å²) in [6.07, 6.45) is 1.00. The molecule has 0 unspecified atom stereocenters. The van der Waals surface area contributed by atoms with Gasteiger partial charge in [0.25, 0.3) is 0 Å². The van der Waals surface area contributed by atoms with Gasteiger partial charge in [-0.2, -0.15) is 4.39 Å². The summed E-state index contributed by atoms with van der Waals surface area (Å²) >= 11 is 3.31. The zero-order chi connectivity index (χ0) is 14.9. The lowest BCUT2D eigenvalue weighted by Gasteiger charge is -2.08. The van der Waals surface area contributed by atoms with E-state index >= 15 is 0 Å². The van der Waals surface area contributed by atoms with Gasteiger partial charge in [-0.3, -0.25) is 0 Å². The molecule has 1 heterocycles. The van der Waals surface area contributed by atoms with Crippen LogP contribution in [-0.2, 0) is 6.54 Å². The molecular weight excluding hydrogens is 328 g/mol. The molecule has 2 rings (SSSR count). The van der Waals surface area contributed by atoms with E-state index in [1.165, 1.54) is 0 Å². The van der Waals surface area contributed by atoms with E-state index in [9.17, 15) is 8.78 Å². The maximum atomic E-state index is 13.9. The number of furan rings is 1. The van der Waals surface area contributed by atoms with E-state index in [1.54, 1.807) is 0 Å². The average Bonchev–Trinajstić information content (AvgIpc) is 2.76. The van der Waals surface area contributed by atoms with Crippen LogP contribution in [0, 0.1) is 11.6 Å². The number of hydrogen-bond acceptors (Lipinski definition) is 2. The summed E-state index contributed by atoms with van der Waals surface area (Å²) in [5.74, 6) is -0.988. The lowest BCUT2D eigenvalue weighted by Crippen LogP contribution is -2.14. The second-order valence-electron chi connectivity index (χ2n) is 5.13. The first-order valence-corrected chi connectivity index (χ1v) is 7.56. The Hall–Kier alpha value is -0.940. The maximum absolute atomic E-state index is 13.9. The SMILES string of the molecule is CCCNCc1oc2c(F)c(F)cc(Br)c2c1C(C)C. The molecule has 0 spiro atoms. The zero-order valence-corrected chi connectivity index (χ0v) is 13.4. The molecule has 0 amide bonds. The van der Waals surface area contributed by atoms with E-state index in [4.69, 9.17) is 4.42 Å². The van der Waals surface area contributed by atoms with Crippen molar-refractivity contribution < 1.29 is 13.2 Å². The van der Waals surface area contributed by atoms with Crippen molar-refractivity contribution in [1.82, 2.24) is 5.32 Å². The highest BCUT2D eigenvalue weighted by Gasteiger charge is 2.23. The van der Waals surface area contributed by atoms with Gasteiger partial charge in [-0.25, -0.2) is 4.39 Å². The molecule has 0 radical (unpaired) electrons. The topological polar surface area (TPSA) is 25.2 Å². The Labute approximate surface area is 125 Å². The summed E-state index contributed by atoms with van der Waals surface area (Å²) in [5.41, 5.74) is 0.920. The standard InChI is InChI=1S/C15H18BrF2NO/c1-4-5-19-7-11-12(8(2)3)13-9(16)6-10(17)14(18)15(13)20-11/h6,8,19H,4-5,7H2,1-3H3. The number of nitrogens with one attached hydrogen (secondary N) is 1. The van der Waals surface area contributed by atoms with Gasteiger partial charge in [0.15, 0.2) is 11.4 Å². The second-order valence-corrected chi connectivity index (χ2v) is 5.98. The van der Waals surface area contributed by atoms with Crippen molar-refractivity contribution in [3.8, 4) is 0 Å². The number of fused-ring (bicyclic) bond motifs is 1. The minimum absolute atomic E-state index is 0.00567. The van der Waals surface area contributed by atoms with Gasteiger partial charge in [0.2, 0.25) is 5.82 Å². The molecule has 2 nitrogen and oxygen atoms in total. The first kappa shape index (κ1) is 15.4. The van der Waals surface area contributed by atoms with Crippen molar-refractivity contribution in [3.05, 3.63) is 33.5 Å². The molecule has 0 aliphatic heterocycles. The minimum atomic E-state index is -0.924. The van der Waals surface area contributed by atoms with Gasteiger partial charge < -0.3 is 9.73 Å². The quantitative estimate of drug-likeness (QED) is 0.602. The summed E-state index contributed by atoms with van der Waals surface area (Å²) in [6.45, 7) is 7.47.